The van der Waals surface area contributed by atoms with Gasteiger partial charge < -0.3 is 5.32 Å². The lowest BCUT2D eigenvalue weighted by Gasteiger charge is -2.09. The molecule has 6 heteroatoms. The summed E-state index contributed by atoms with van der Waals surface area (Å²) in [6.45, 7) is 2.97. The smallest absolute Gasteiger partial charge is 0.214 e. The molecule has 0 spiro atoms. The molecule has 3 rings (SSSR count). The number of rotatable bonds is 5. The van der Waals surface area contributed by atoms with Crippen molar-refractivity contribution in [3.63, 3.8) is 0 Å². The van der Waals surface area contributed by atoms with Crippen LogP contribution in [0, 0.1) is 6.92 Å². The Labute approximate surface area is 116 Å². The first kappa shape index (κ1) is 12.6. The Hall–Kier alpha value is -1.40. The molecule has 0 atom stereocenters. The quantitative estimate of drug-likeness (QED) is 0.906. The molecule has 1 aromatic carbocycles. The van der Waals surface area contributed by atoms with Gasteiger partial charge in [0.2, 0.25) is 5.16 Å². The Morgan fingerprint density at radius 2 is 2.26 bits per heavy atom. The van der Waals surface area contributed by atoms with Gasteiger partial charge in [-0.15, -0.1) is 5.10 Å². The molecule has 1 N–H and O–H groups in total. The highest BCUT2D eigenvalue weighted by molar-refractivity contribution is 7.99. The molecule has 5 nitrogen and oxygen atoms in total. The summed E-state index contributed by atoms with van der Waals surface area (Å²) in [6, 6.07) is 7.01. The molecule has 1 aromatic heterocycles. The number of benzene rings is 1. The Bertz CT molecular complexity index is 576. The second-order valence-corrected chi connectivity index (χ2v) is 5.89. The Morgan fingerprint density at radius 3 is 3.00 bits per heavy atom. The van der Waals surface area contributed by atoms with Crippen molar-refractivity contribution < 1.29 is 0 Å². The first-order chi connectivity index (χ1) is 9.28. The molecule has 0 amide bonds. The van der Waals surface area contributed by atoms with Crippen LogP contribution in [0.4, 0.5) is 0 Å². The molecule has 0 unspecified atom stereocenters. The molecule has 1 aliphatic carbocycles. The van der Waals surface area contributed by atoms with E-state index in [1.54, 1.807) is 11.8 Å². The minimum absolute atomic E-state index is 0.510. The normalized spacial score (nSPS) is 14.8. The molecule has 2 aromatic rings. The molecular weight excluding hydrogens is 258 g/mol. The molecule has 19 heavy (non-hydrogen) atoms. The predicted molar refractivity (Wildman–Crippen MR) is 74.2 cm³/mol. The first-order valence-electron chi connectivity index (χ1n) is 6.48. The van der Waals surface area contributed by atoms with Gasteiger partial charge in [-0.3, -0.25) is 0 Å². The minimum Gasteiger partial charge on any atom is -0.316 e. The first-order valence-corrected chi connectivity index (χ1v) is 7.29. The Kier molecular flexibility index (Phi) is 3.52. The molecule has 1 heterocycles. The fourth-order valence-corrected chi connectivity index (χ4v) is 2.99. The zero-order chi connectivity index (χ0) is 13.2. The van der Waals surface area contributed by atoms with Gasteiger partial charge in [0.05, 0.1) is 6.04 Å². The number of hydrogen-bond donors (Lipinski definition) is 1. The second-order valence-electron chi connectivity index (χ2n) is 4.88. The number of tetrazole rings is 1. The van der Waals surface area contributed by atoms with E-state index in [-0.39, 0.29) is 0 Å². The molecule has 0 bridgehead atoms. The zero-order valence-corrected chi connectivity index (χ0v) is 11.9. The summed E-state index contributed by atoms with van der Waals surface area (Å²) in [5.41, 5.74) is 2.56. The van der Waals surface area contributed by atoms with E-state index >= 15 is 0 Å². The van der Waals surface area contributed by atoms with Gasteiger partial charge in [0, 0.05) is 11.4 Å². The zero-order valence-electron chi connectivity index (χ0n) is 11.1. The van der Waals surface area contributed by atoms with Gasteiger partial charge in [-0.05, 0) is 60.6 Å². The van der Waals surface area contributed by atoms with Gasteiger partial charge in [0.15, 0.2) is 0 Å². The van der Waals surface area contributed by atoms with Crippen molar-refractivity contribution in [2.45, 2.75) is 42.4 Å². The third-order valence-corrected chi connectivity index (χ3v) is 4.21. The number of nitrogens with one attached hydrogen (secondary N) is 1. The molecule has 0 saturated heterocycles. The monoisotopic (exact) mass is 275 g/mol. The van der Waals surface area contributed by atoms with Crippen LogP contribution in [-0.4, -0.2) is 27.3 Å². The van der Waals surface area contributed by atoms with Crippen LogP contribution < -0.4 is 5.32 Å². The minimum atomic E-state index is 0.510. The van der Waals surface area contributed by atoms with Crippen LogP contribution in [-0.2, 0) is 6.54 Å². The van der Waals surface area contributed by atoms with Crippen molar-refractivity contribution in [2.24, 2.45) is 0 Å². The third-order valence-electron chi connectivity index (χ3n) is 3.14. The summed E-state index contributed by atoms with van der Waals surface area (Å²) in [5, 5.41) is 16.1. The fourth-order valence-electron chi connectivity index (χ4n) is 2.04. The highest BCUT2D eigenvalue weighted by atomic mass is 32.2. The SMILES string of the molecule is CNCc1cc(C)ccc1Sc1nnnn1C1CC1. The van der Waals surface area contributed by atoms with E-state index in [0.29, 0.717) is 6.04 Å². The van der Waals surface area contributed by atoms with Crippen molar-refractivity contribution in [2.75, 3.05) is 7.05 Å². The molecule has 0 aliphatic heterocycles. The summed E-state index contributed by atoms with van der Waals surface area (Å²) >= 11 is 1.65. The Balaban J connectivity index is 1.87. The summed E-state index contributed by atoms with van der Waals surface area (Å²) in [6.07, 6.45) is 2.38. The molecule has 0 radical (unpaired) electrons. The largest absolute Gasteiger partial charge is 0.316 e. The van der Waals surface area contributed by atoms with E-state index in [9.17, 15) is 0 Å². The average molecular weight is 275 g/mol. The molecule has 1 aliphatic rings. The number of hydrogen-bond acceptors (Lipinski definition) is 5. The lowest BCUT2D eigenvalue weighted by atomic mass is 10.1. The summed E-state index contributed by atoms with van der Waals surface area (Å²) in [7, 11) is 1.96. The topological polar surface area (TPSA) is 55.6 Å². The van der Waals surface area contributed by atoms with Crippen LogP contribution in [0.25, 0.3) is 0 Å². The maximum Gasteiger partial charge on any atom is 0.214 e. The maximum absolute atomic E-state index is 4.14. The van der Waals surface area contributed by atoms with E-state index in [0.717, 1.165) is 11.7 Å². The van der Waals surface area contributed by atoms with E-state index < -0.39 is 0 Å². The van der Waals surface area contributed by atoms with Crippen molar-refractivity contribution in [3.05, 3.63) is 29.3 Å². The van der Waals surface area contributed by atoms with Gasteiger partial charge >= 0.3 is 0 Å². The van der Waals surface area contributed by atoms with Gasteiger partial charge in [-0.2, -0.15) is 0 Å². The van der Waals surface area contributed by atoms with Gasteiger partial charge in [-0.1, -0.05) is 17.7 Å². The predicted octanol–water partition coefficient (Wildman–Crippen LogP) is 2.19. The van der Waals surface area contributed by atoms with Crippen LogP contribution in [0.15, 0.2) is 28.3 Å². The van der Waals surface area contributed by atoms with Crippen molar-refractivity contribution in [3.8, 4) is 0 Å². The van der Waals surface area contributed by atoms with E-state index in [1.165, 1.54) is 28.9 Å². The van der Waals surface area contributed by atoms with Gasteiger partial charge in [0.25, 0.3) is 0 Å². The summed E-state index contributed by atoms with van der Waals surface area (Å²) < 4.78 is 1.95. The summed E-state index contributed by atoms with van der Waals surface area (Å²) in [4.78, 5) is 1.22. The highest BCUT2D eigenvalue weighted by Gasteiger charge is 2.28. The van der Waals surface area contributed by atoms with Crippen LogP contribution in [0.1, 0.15) is 30.0 Å². The van der Waals surface area contributed by atoms with Gasteiger partial charge in [0.1, 0.15) is 0 Å². The third kappa shape index (κ3) is 2.79. The van der Waals surface area contributed by atoms with Crippen LogP contribution in [0.3, 0.4) is 0 Å². The molecule has 1 fully saturated rings. The lowest BCUT2D eigenvalue weighted by molar-refractivity contribution is 0.565. The molecule has 100 valence electrons. The average Bonchev–Trinajstić information content (AvgIpc) is 3.14. The summed E-state index contributed by atoms with van der Waals surface area (Å²) in [5.74, 6) is 0. The number of aryl methyl sites for hydroxylation is 1. The Morgan fingerprint density at radius 1 is 1.42 bits per heavy atom. The second kappa shape index (κ2) is 5.30. The highest BCUT2D eigenvalue weighted by Crippen LogP contribution is 2.38. The van der Waals surface area contributed by atoms with Gasteiger partial charge in [-0.25, -0.2) is 4.68 Å². The van der Waals surface area contributed by atoms with Crippen molar-refractivity contribution in [1.82, 2.24) is 25.5 Å². The standard InChI is InChI=1S/C13H17N5S/c1-9-3-6-12(10(7-9)8-14-2)19-13-15-16-17-18(13)11-4-5-11/h3,6-7,11,14H,4-5,8H2,1-2H3. The number of nitrogens with zero attached hydrogens (tertiary/aromatic N) is 4. The molecular formula is C13H17N5S. The number of aromatic nitrogens is 4. The maximum atomic E-state index is 4.14. The molecule has 1 saturated carbocycles. The van der Waals surface area contributed by atoms with Crippen LogP contribution >= 0.6 is 11.8 Å². The van der Waals surface area contributed by atoms with E-state index in [4.69, 9.17) is 0 Å². The van der Waals surface area contributed by atoms with Crippen molar-refractivity contribution in [1.29, 1.82) is 0 Å². The lowest BCUT2D eigenvalue weighted by Crippen LogP contribution is -2.07. The van der Waals surface area contributed by atoms with Crippen LogP contribution in [0.2, 0.25) is 0 Å². The van der Waals surface area contributed by atoms with Crippen molar-refractivity contribution >= 4 is 11.8 Å². The fraction of sp³-hybridized carbons (Fsp3) is 0.462. The van der Waals surface area contributed by atoms with Crippen LogP contribution in [0.5, 0.6) is 0 Å². The van der Waals surface area contributed by atoms with E-state index in [2.05, 4.69) is 46.0 Å². The van der Waals surface area contributed by atoms with E-state index in [1.807, 2.05) is 11.7 Å².